The standard InChI is InChI=1S/C14H10ClF3N2O2/c15-11-7-10(21)5-6-12(11)20-13(22)19-9-3-1-8(2-4-9)14(16,17)18/h1-7,21H,(H2,19,20,22). The molecule has 0 aliphatic rings. The number of hydrogen-bond acceptors (Lipinski definition) is 2. The van der Waals surface area contributed by atoms with Crippen LogP contribution < -0.4 is 10.6 Å². The fourth-order valence-corrected chi connectivity index (χ4v) is 1.85. The molecule has 0 radical (unpaired) electrons. The maximum absolute atomic E-state index is 12.4. The van der Waals surface area contributed by atoms with Crippen molar-refractivity contribution < 1.29 is 23.1 Å². The first kappa shape index (κ1) is 16.0. The van der Waals surface area contributed by atoms with Gasteiger partial charge in [0, 0.05) is 11.8 Å². The number of rotatable bonds is 2. The number of halogens is 4. The first-order chi connectivity index (χ1) is 10.3. The fourth-order valence-electron chi connectivity index (χ4n) is 1.63. The van der Waals surface area contributed by atoms with Crippen LogP contribution in [0.4, 0.5) is 29.3 Å². The fraction of sp³-hybridized carbons (Fsp3) is 0.0714. The molecule has 0 unspecified atom stereocenters. The van der Waals surface area contributed by atoms with Crippen LogP contribution in [-0.4, -0.2) is 11.1 Å². The van der Waals surface area contributed by atoms with E-state index >= 15 is 0 Å². The topological polar surface area (TPSA) is 61.4 Å². The van der Waals surface area contributed by atoms with E-state index in [-0.39, 0.29) is 22.1 Å². The van der Waals surface area contributed by atoms with E-state index < -0.39 is 17.8 Å². The van der Waals surface area contributed by atoms with Crippen LogP contribution in [0.15, 0.2) is 42.5 Å². The summed E-state index contributed by atoms with van der Waals surface area (Å²) in [6.07, 6.45) is -4.43. The number of carbonyl (C=O) groups is 1. The molecule has 0 saturated heterocycles. The molecule has 0 aliphatic carbocycles. The van der Waals surface area contributed by atoms with Gasteiger partial charge < -0.3 is 15.7 Å². The van der Waals surface area contributed by atoms with Gasteiger partial charge in [-0.3, -0.25) is 0 Å². The van der Waals surface area contributed by atoms with E-state index in [2.05, 4.69) is 10.6 Å². The van der Waals surface area contributed by atoms with Crippen molar-refractivity contribution in [3.63, 3.8) is 0 Å². The van der Waals surface area contributed by atoms with Gasteiger partial charge in [-0.1, -0.05) is 11.6 Å². The number of anilines is 2. The van der Waals surface area contributed by atoms with Crippen molar-refractivity contribution in [2.75, 3.05) is 10.6 Å². The summed E-state index contributed by atoms with van der Waals surface area (Å²) in [5, 5.41) is 14.1. The van der Waals surface area contributed by atoms with Crippen LogP contribution in [0.1, 0.15) is 5.56 Å². The summed E-state index contributed by atoms with van der Waals surface area (Å²) < 4.78 is 37.2. The molecule has 0 atom stereocenters. The molecule has 2 amide bonds. The minimum Gasteiger partial charge on any atom is -0.508 e. The van der Waals surface area contributed by atoms with Crippen LogP contribution in [0.3, 0.4) is 0 Å². The maximum atomic E-state index is 12.4. The third-order valence-electron chi connectivity index (χ3n) is 2.67. The Hall–Kier alpha value is -2.41. The van der Waals surface area contributed by atoms with Gasteiger partial charge in [0.1, 0.15) is 5.75 Å². The summed E-state index contributed by atoms with van der Waals surface area (Å²) in [6, 6.07) is 7.31. The quantitative estimate of drug-likeness (QED) is 0.698. The summed E-state index contributed by atoms with van der Waals surface area (Å²) in [6.45, 7) is 0. The number of phenols is 1. The van der Waals surface area contributed by atoms with Gasteiger partial charge in [-0.05, 0) is 36.4 Å². The summed E-state index contributed by atoms with van der Waals surface area (Å²) in [7, 11) is 0. The lowest BCUT2D eigenvalue weighted by Gasteiger charge is -2.10. The highest BCUT2D eigenvalue weighted by Gasteiger charge is 2.29. The number of phenolic OH excluding ortho intramolecular Hbond substituents is 1. The van der Waals surface area contributed by atoms with Crippen LogP contribution in [0.2, 0.25) is 5.02 Å². The smallest absolute Gasteiger partial charge is 0.416 e. The third kappa shape index (κ3) is 4.05. The molecule has 22 heavy (non-hydrogen) atoms. The Kier molecular flexibility index (Phi) is 4.46. The molecule has 3 N–H and O–H groups in total. The van der Waals surface area contributed by atoms with Crippen molar-refractivity contribution in [3.8, 4) is 5.75 Å². The molecule has 2 aromatic rings. The van der Waals surface area contributed by atoms with Crippen LogP contribution >= 0.6 is 11.6 Å². The van der Waals surface area contributed by atoms with Gasteiger partial charge in [0.25, 0.3) is 0 Å². The number of urea groups is 1. The van der Waals surface area contributed by atoms with Crippen LogP contribution in [0, 0.1) is 0 Å². The van der Waals surface area contributed by atoms with Crippen molar-refractivity contribution >= 4 is 29.0 Å². The third-order valence-corrected chi connectivity index (χ3v) is 2.98. The second kappa shape index (κ2) is 6.15. The lowest BCUT2D eigenvalue weighted by molar-refractivity contribution is -0.137. The minimum absolute atomic E-state index is 0.0568. The molecule has 2 rings (SSSR count). The summed E-state index contributed by atoms with van der Waals surface area (Å²) in [5.74, 6) is -0.0568. The molecule has 0 spiro atoms. The maximum Gasteiger partial charge on any atom is 0.416 e. The lowest BCUT2D eigenvalue weighted by atomic mass is 10.2. The summed E-state index contributed by atoms with van der Waals surface area (Å²) in [4.78, 5) is 11.7. The van der Waals surface area contributed by atoms with Gasteiger partial charge in [-0.2, -0.15) is 13.2 Å². The average molecular weight is 331 g/mol. The number of carbonyl (C=O) groups excluding carboxylic acids is 1. The van der Waals surface area contributed by atoms with Crippen molar-refractivity contribution in [2.24, 2.45) is 0 Å². The predicted molar refractivity (Wildman–Crippen MR) is 77.2 cm³/mol. The Balaban J connectivity index is 2.03. The monoisotopic (exact) mass is 330 g/mol. The summed E-state index contributed by atoms with van der Waals surface area (Å²) >= 11 is 5.82. The molecule has 8 heteroatoms. The second-order valence-corrected chi connectivity index (χ2v) is 4.73. The molecular formula is C14H10ClF3N2O2. The van der Waals surface area contributed by atoms with E-state index in [0.29, 0.717) is 0 Å². The van der Waals surface area contributed by atoms with Crippen LogP contribution in [0.5, 0.6) is 5.75 Å². The van der Waals surface area contributed by atoms with Crippen LogP contribution in [0.25, 0.3) is 0 Å². The molecule has 0 saturated carbocycles. The second-order valence-electron chi connectivity index (χ2n) is 4.32. The highest BCUT2D eigenvalue weighted by molar-refractivity contribution is 6.34. The van der Waals surface area contributed by atoms with E-state index in [0.717, 1.165) is 24.3 Å². The zero-order chi connectivity index (χ0) is 16.3. The Morgan fingerprint density at radius 2 is 1.68 bits per heavy atom. The SMILES string of the molecule is O=C(Nc1ccc(C(F)(F)F)cc1)Nc1ccc(O)cc1Cl. The van der Waals surface area contributed by atoms with E-state index in [1.807, 2.05) is 0 Å². The first-order valence-corrected chi connectivity index (χ1v) is 6.37. The average Bonchev–Trinajstić information content (AvgIpc) is 2.41. The van der Waals surface area contributed by atoms with Gasteiger partial charge >= 0.3 is 12.2 Å². The molecule has 0 bridgehead atoms. The number of benzene rings is 2. The van der Waals surface area contributed by atoms with E-state index in [1.165, 1.54) is 18.2 Å². The minimum atomic E-state index is -4.43. The molecule has 4 nitrogen and oxygen atoms in total. The molecule has 2 aromatic carbocycles. The number of amides is 2. The molecule has 0 heterocycles. The van der Waals surface area contributed by atoms with Crippen molar-refractivity contribution in [3.05, 3.63) is 53.1 Å². The number of alkyl halides is 3. The van der Waals surface area contributed by atoms with Gasteiger partial charge in [0.2, 0.25) is 0 Å². The Morgan fingerprint density at radius 3 is 2.23 bits per heavy atom. The Bertz CT molecular complexity index is 687. The molecule has 0 aliphatic heterocycles. The van der Waals surface area contributed by atoms with Crippen LogP contribution in [-0.2, 0) is 6.18 Å². The Labute approximate surface area is 128 Å². The zero-order valence-electron chi connectivity index (χ0n) is 10.9. The van der Waals surface area contributed by atoms with E-state index in [4.69, 9.17) is 11.6 Å². The number of aromatic hydroxyl groups is 1. The highest BCUT2D eigenvalue weighted by Crippen LogP contribution is 2.30. The highest BCUT2D eigenvalue weighted by atomic mass is 35.5. The molecule has 0 aromatic heterocycles. The Morgan fingerprint density at radius 1 is 1.05 bits per heavy atom. The van der Waals surface area contributed by atoms with Crippen molar-refractivity contribution in [2.45, 2.75) is 6.18 Å². The van der Waals surface area contributed by atoms with E-state index in [9.17, 15) is 23.1 Å². The van der Waals surface area contributed by atoms with Gasteiger partial charge in [0.05, 0.1) is 16.3 Å². The normalized spacial score (nSPS) is 11.1. The molecular weight excluding hydrogens is 321 g/mol. The van der Waals surface area contributed by atoms with Crippen molar-refractivity contribution in [1.29, 1.82) is 0 Å². The van der Waals surface area contributed by atoms with Gasteiger partial charge in [-0.25, -0.2) is 4.79 Å². The first-order valence-electron chi connectivity index (χ1n) is 5.99. The molecule has 116 valence electrons. The van der Waals surface area contributed by atoms with Crippen molar-refractivity contribution in [1.82, 2.24) is 0 Å². The molecule has 0 fully saturated rings. The van der Waals surface area contributed by atoms with Gasteiger partial charge in [-0.15, -0.1) is 0 Å². The van der Waals surface area contributed by atoms with Gasteiger partial charge in [0.15, 0.2) is 0 Å². The largest absolute Gasteiger partial charge is 0.508 e. The number of nitrogens with one attached hydrogen (secondary N) is 2. The van der Waals surface area contributed by atoms with E-state index in [1.54, 1.807) is 0 Å². The predicted octanol–water partition coefficient (Wildman–Crippen LogP) is 4.71. The lowest BCUT2D eigenvalue weighted by Crippen LogP contribution is -2.19. The number of hydrogen-bond donors (Lipinski definition) is 3. The summed E-state index contributed by atoms with van der Waals surface area (Å²) in [5.41, 5.74) is -0.357. The zero-order valence-corrected chi connectivity index (χ0v) is 11.7.